The maximum Gasteiger partial charge on any atom is 0.0952 e. The average molecular weight is 143 g/mol. The van der Waals surface area contributed by atoms with E-state index in [9.17, 15) is 0 Å². The van der Waals surface area contributed by atoms with Gasteiger partial charge in [0.25, 0.3) is 0 Å². The molecule has 9 heavy (non-hydrogen) atoms. The lowest BCUT2D eigenvalue weighted by Crippen LogP contribution is -1.92. The van der Waals surface area contributed by atoms with Crippen LogP contribution in [0, 0.1) is 0 Å². The molecule has 0 aromatic rings. The van der Waals surface area contributed by atoms with Crippen molar-refractivity contribution in [3.63, 3.8) is 0 Å². The van der Waals surface area contributed by atoms with Crippen LogP contribution >= 0.6 is 11.8 Å². The van der Waals surface area contributed by atoms with Gasteiger partial charge >= 0.3 is 0 Å². The zero-order valence-electron chi connectivity index (χ0n) is 6.05. The van der Waals surface area contributed by atoms with Crippen molar-refractivity contribution in [3.05, 3.63) is 0 Å². The van der Waals surface area contributed by atoms with Gasteiger partial charge in [0.15, 0.2) is 0 Å². The van der Waals surface area contributed by atoms with Crippen LogP contribution in [0.2, 0.25) is 0 Å². The summed E-state index contributed by atoms with van der Waals surface area (Å²) in [4.78, 5) is 4.50. The van der Waals surface area contributed by atoms with E-state index in [-0.39, 0.29) is 0 Å². The van der Waals surface area contributed by atoms with E-state index in [2.05, 4.69) is 18.8 Å². The fourth-order valence-corrected chi connectivity index (χ4v) is 2.00. The Bertz CT molecular complexity index is 120. The Morgan fingerprint density at radius 2 is 2.44 bits per heavy atom. The predicted octanol–water partition coefficient (Wildman–Crippen LogP) is 2.32. The summed E-state index contributed by atoms with van der Waals surface area (Å²) in [5.74, 6) is 1.18. The molecule has 0 amide bonds. The highest BCUT2D eigenvalue weighted by Crippen LogP contribution is 2.23. The van der Waals surface area contributed by atoms with Gasteiger partial charge in [0, 0.05) is 11.5 Å². The van der Waals surface area contributed by atoms with Crippen molar-refractivity contribution in [1.82, 2.24) is 0 Å². The zero-order chi connectivity index (χ0) is 6.69. The summed E-state index contributed by atoms with van der Waals surface area (Å²) in [7, 11) is 0. The van der Waals surface area contributed by atoms with E-state index in [1.165, 1.54) is 17.9 Å². The van der Waals surface area contributed by atoms with Gasteiger partial charge in [-0.3, -0.25) is 4.99 Å². The second kappa shape index (κ2) is 3.25. The molecule has 1 aliphatic heterocycles. The van der Waals surface area contributed by atoms with Gasteiger partial charge < -0.3 is 0 Å². The summed E-state index contributed by atoms with van der Waals surface area (Å²) in [5.41, 5.74) is 1.40. The minimum Gasteiger partial charge on any atom is -0.279 e. The molecule has 1 unspecified atom stereocenters. The summed E-state index contributed by atoms with van der Waals surface area (Å²) < 4.78 is 0. The quantitative estimate of drug-likeness (QED) is 0.578. The van der Waals surface area contributed by atoms with Crippen molar-refractivity contribution in [3.8, 4) is 0 Å². The van der Waals surface area contributed by atoms with Crippen LogP contribution in [-0.4, -0.2) is 16.8 Å². The van der Waals surface area contributed by atoms with Crippen molar-refractivity contribution in [2.45, 2.75) is 32.1 Å². The zero-order valence-corrected chi connectivity index (χ0v) is 6.87. The van der Waals surface area contributed by atoms with Crippen LogP contribution in [0.1, 0.15) is 26.7 Å². The molecule has 0 fully saturated rings. The van der Waals surface area contributed by atoms with Gasteiger partial charge in [0.2, 0.25) is 0 Å². The van der Waals surface area contributed by atoms with E-state index >= 15 is 0 Å². The Hall–Kier alpha value is 0.0200. The van der Waals surface area contributed by atoms with Crippen LogP contribution in [-0.2, 0) is 0 Å². The minimum atomic E-state index is 0.583. The molecule has 0 bridgehead atoms. The van der Waals surface area contributed by atoms with Gasteiger partial charge in [-0.05, 0) is 12.8 Å². The molecule has 1 aliphatic rings. The maximum atomic E-state index is 4.50. The highest BCUT2D eigenvalue weighted by molar-refractivity contribution is 8.00. The van der Waals surface area contributed by atoms with E-state index in [0.717, 1.165) is 6.42 Å². The summed E-state index contributed by atoms with van der Waals surface area (Å²) in [5, 5.41) is 0.583. The molecule has 52 valence electrons. The van der Waals surface area contributed by atoms with Crippen molar-refractivity contribution >= 4 is 17.5 Å². The van der Waals surface area contributed by atoms with Crippen LogP contribution in [0.25, 0.3) is 0 Å². The van der Waals surface area contributed by atoms with Crippen LogP contribution in [0.4, 0.5) is 0 Å². The first-order valence-electron chi connectivity index (χ1n) is 3.54. The number of nitrogens with zero attached hydrogens (tertiary/aromatic N) is 1. The lowest BCUT2D eigenvalue weighted by molar-refractivity contribution is 0.877. The summed E-state index contributed by atoms with van der Waals surface area (Å²) in [6.45, 7) is 4.37. The fourth-order valence-electron chi connectivity index (χ4n) is 0.873. The first-order chi connectivity index (χ1) is 4.36. The van der Waals surface area contributed by atoms with Crippen LogP contribution < -0.4 is 0 Å². The normalized spacial score (nSPS) is 26.4. The van der Waals surface area contributed by atoms with Crippen molar-refractivity contribution in [2.24, 2.45) is 4.99 Å². The molecule has 0 spiro atoms. The Morgan fingerprint density at radius 3 is 2.78 bits per heavy atom. The molecule has 0 aromatic carbocycles. The maximum absolute atomic E-state index is 4.50. The predicted molar refractivity (Wildman–Crippen MR) is 44.3 cm³/mol. The first-order valence-corrected chi connectivity index (χ1v) is 4.58. The highest BCUT2D eigenvalue weighted by atomic mass is 32.2. The van der Waals surface area contributed by atoms with E-state index in [0.29, 0.717) is 5.37 Å². The Morgan fingerprint density at radius 1 is 1.67 bits per heavy atom. The number of hydrogen-bond donors (Lipinski definition) is 0. The third-order valence-electron chi connectivity index (χ3n) is 1.53. The lowest BCUT2D eigenvalue weighted by atomic mass is 10.3. The molecule has 0 aliphatic carbocycles. The minimum absolute atomic E-state index is 0.583. The van der Waals surface area contributed by atoms with E-state index in [1.807, 2.05) is 11.8 Å². The smallest absolute Gasteiger partial charge is 0.0952 e. The standard InChI is InChI=1S/C7H13NS/c1-3-6-5-9-7(4-2)8-6/h7H,3-5H2,1-2H3. The third-order valence-corrected chi connectivity index (χ3v) is 2.85. The summed E-state index contributed by atoms with van der Waals surface area (Å²) in [6.07, 6.45) is 2.33. The summed E-state index contributed by atoms with van der Waals surface area (Å²) in [6, 6.07) is 0. The molecule has 2 heteroatoms. The van der Waals surface area contributed by atoms with E-state index in [1.54, 1.807) is 0 Å². The molecule has 0 radical (unpaired) electrons. The van der Waals surface area contributed by atoms with Gasteiger partial charge in [-0.1, -0.05) is 13.8 Å². The first kappa shape index (κ1) is 7.13. The van der Waals surface area contributed by atoms with Gasteiger partial charge in [0.1, 0.15) is 0 Å². The third kappa shape index (κ3) is 1.71. The van der Waals surface area contributed by atoms with E-state index < -0.39 is 0 Å². The molecule has 1 nitrogen and oxygen atoms in total. The molecule has 1 atom stereocenters. The molecule has 0 N–H and O–H groups in total. The average Bonchev–Trinajstić information content (AvgIpc) is 2.34. The van der Waals surface area contributed by atoms with E-state index in [4.69, 9.17) is 0 Å². The van der Waals surface area contributed by atoms with Gasteiger partial charge in [-0.15, -0.1) is 11.8 Å². The van der Waals surface area contributed by atoms with Crippen molar-refractivity contribution < 1.29 is 0 Å². The molecule has 0 aromatic heterocycles. The largest absolute Gasteiger partial charge is 0.279 e. The lowest BCUT2D eigenvalue weighted by Gasteiger charge is -1.96. The van der Waals surface area contributed by atoms with Gasteiger partial charge in [0.05, 0.1) is 5.37 Å². The molecule has 1 heterocycles. The monoisotopic (exact) mass is 143 g/mol. The fraction of sp³-hybridized carbons (Fsp3) is 0.857. The summed E-state index contributed by atoms with van der Waals surface area (Å²) >= 11 is 1.97. The number of rotatable bonds is 2. The molecule has 0 saturated carbocycles. The second-order valence-electron chi connectivity index (χ2n) is 2.22. The Balaban J connectivity index is 2.40. The molecular formula is C7H13NS. The van der Waals surface area contributed by atoms with Crippen LogP contribution in [0.15, 0.2) is 4.99 Å². The molecule has 1 rings (SSSR count). The van der Waals surface area contributed by atoms with Crippen LogP contribution in [0.5, 0.6) is 0 Å². The Kier molecular flexibility index (Phi) is 2.58. The van der Waals surface area contributed by atoms with Gasteiger partial charge in [-0.25, -0.2) is 0 Å². The van der Waals surface area contributed by atoms with Gasteiger partial charge in [-0.2, -0.15) is 0 Å². The second-order valence-corrected chi connectivity index (χ2v) is 3.39. The van der Waals surface area contributed by atoms with Crippen molar-refractivity contribution in [1.29, 1.82) is 0 Å². The van der Waals surface area contributed by atoms with Crippen molar-refractivity contribution in [2.75, 3.05) is 5.75 Å². The molecular weight excluding hydrogens is 130 g/mol. The number of hydrogen-bond acceptors (Lipinski definition) is 2. The number of aliphatic imine (C=N–C) groups is 1. The SMILES string of the molecule is CCC1=NC(CC)SC1. The topological polar surface area (TPSA) is 12.4 Å². The highest BCUT2D eigenvalue weighted by Gasteiger charge is 2.13. The Labute approximate surface area is 60.9 Å². The van der Waals surface area contributed by atoms with Crippen LogP contribution in [0.3, 0.4) is 0 Å². The molecule has 0 saturated heterocycles. The number of thioether (sulfide) groups is 1.